The van der Waals surface area contributed by atoms with Gasteiger partial charge >= 0.3 is 0 Å². The minimum Gasteiger partial charge on any atom is -0.358 e. The van der Waals surface area contributed by atoms with E-state index in [2.05, 4.69) is 31.4 Å². The molecule has 0 heterocycles. The van der Waals surface area contributed by atoms with Gasteiger partial charge in [0.2, 0.25) is 0 Å². The van der Waals surface area contributed by atoms with E-state index in [9.17, 15) is 4.79 Å². The highest BCUT2D eigenvalue weighted by Gasteiger charge is 2.15. The second-order valence-corrected chi connectivity index (χ2v) is 9.53. The molecule has 0 aliphatic carbocycles. The van der Waals surface area contributed by atoms with E-state index in [1.807, 2.05) is 42.5 Å². The van der Waals surface area contributed by atoms with E-state index >= 15 is 0 Å². The molecule has 0 amide bonds. The smallest absolute Gasteiger partial charge is 0.193 e. The van der Waals surface area contributed by atoms with Gasteiger partial charge in [0, 0.05) is 33.4 Å². The highest BCUT2D eigenvalue weighted by atomic mass is 35.5. The molecule has 0 aliphatic rings. The molecule has 0 saturated heterocycles. The maximum atomic E-state index is 12.9. The van der Waals surface area contributed by atoms with E-state index in [-0.39, 0.29) is 11.2 Å². The van der Waals surface area contributed by atoms with Crippen molar-refractivity contribution in [3.63, 3.8) is 0 Å². The van der Waals surface area contributed by atoms with E-state index in [4.69, 9.17) is 35.4 Å². The summed E-state index contributed by atoms with van der Waals surface area (Å²) < 4.78 is 0. The number of halogens is 2. The molecule has 0 saturated carbocycles. The summed E-state index contributed by atoms with van der Waals surface area (Å²) in [7, 11) is 0. The van der Waals surface area contributed by atoms with E-state index in [0.29, 0.717) is 32.8 Å². The quantitative estimate of drug-likeness (QED) is 0.310. The third-order valence-electron chi connectivity index (χ3n) is 4.85. The summed E-state index contributed by atoms with van der Waals surface area (Å²) in [5.74, 6) is -0.0315. The monoisotopic (exact) mass is 470 g/mol. The van der Waals surface area contributed by atoms with Gasteiger partial charge in [0.1, 0.15) is 0 Å². The van der Waals surface area contributed by atoms with Crippen LogP contribution in [0.1, 0.15) is 47.8 Å². The predicted octanol–water partition coefficient (Wildman–Crippen LogP) is 7.01. The zero-order valence-corrected chi connectivity index (χ0v) is 20.0. The summed E-state index contributed by atoms with van der Waals surface area (Å²) >= 11 is 17.5. The number of carbonyl (C=O) groups excluding carboxylic acids is 1. The average molecular weight is 471 g/mol. The lowest BCUT2D eigenvalue weighted by molar-refractivity contribution is 0.103. The van der Waals surface area contributed by atoms with Gasteiger partial charge in [-0.3, -0.25) is 4.79 Å². The Bertz CT molecular complexity index is 1110. The molecule has 0 aliphatic heterocycles. The first-order valence-corrected chi connectivity index (χ1v) is 11.0. The zero-order valence-electron chi connectivity index (χ0n) is 17.6. The molecular weight excluding hydrogens is 447 g/mol. The Labute approximate surface area is 198 Å². The van der Waals surface area contributed by atoms with Gasteiger partial charge in [-0.15, -0.1) is 0 Å². The van der Waals surface area contributed by atoms with Gasteiger partial charge < -0.3 is 10.6 Å². The lowest BCUT2D eigenvalue weighted by atomic mass is 9.86. The summed E-state index contributed by atoms with van der Waals surface area (Å²) in [4.78, 5) is 12.9. The molecule has 0 radical (unpaired) electrons. The molecule has 0 fully saturated rings. The molecular formula is C25H24Cl2N2OS. The molecule has 0 atom stereocenters. The average Bonchev–Trinajstić information content (AvgIpc) is 2.72. The van der Waals surface area contributed by atoms with Crippen molar-refractivity contribution in [1.29, 1.82) is 0 Å². The number of rotatable bonds is 5. The van der Waals surface area contributed by atoms with E-state index in [1.165, 1.54) is 5.56 Å². The Kier molecular flexibility index (Phi) is 7.37. The SMILES string of the molecule is CC(C)(C)c1ccc(C(=O)c2cccc(NC(=S)NCc3ccc(Cl)cc3Cl)c2)cc1. The Balaban J connectivity index is 1.65. The van der Waals surface area contributed by atoms with Crippen LogP contribution in [0.5, 0.6) is 0 Å². The van der Waals surface area contributed by atoms with E-state index in [1.54, 1.807) is 24.3 Å². The first-order chi connectivity index (χ1) is 14.6. The van der Waals surface area contributed by atoms with Crippen molar-refractivity contribution < 1.29 is 4.79 Å². The minimum atomic E-state index is -0.0315. The summed E-state index contributed by atoms with van der Waals surface area (Å²) in [6.07, 6.45) is 0. The molecule has 0 bridgehead atoms. The molecule has 0 unspecified atom stereocenters. The second-order valence-electron chi connectivity index (χ2n) is 8.28. The normalized spacial score (nSPS) is 11.1. The maximum absolute atomic E-state index is 12.9. The van der Waals surface area contributed by atoms with E-state index < -0.39 is 0 Å². The fourth-order valence-corrected chi connectivity index (χ4v) is 3.71. The summed E-state index contributed by atoms with van der Waals surface area (Å²) in [5, 5.41) is 7.83. The number of anilines is 1. The van der Waals surface area contributed by atoms with Crippen LogP contribution < -0.4 is 10.6 Å². The van der Waals surface area contributed by atoms with Crippen LogP contribution in [0.25, 0.3) is 0 Å². The van der Waals surface area contributed by atoms with Crippen LogP contribution >= 0.6 is 35.4 Å². The van der Waals surface area contributed by atoms with Crippen molar-refractivity contribution in [3.8, 4) is 0 Å². The third kappa shape index (κ3) is 6.30. The number of thiocarbonyl (C=S) groups is 1. The van der Waals surface area contributed by atoms with Gasteiger partial charge in [-0.25, -0.2) is 0 Å². The number of nitrogens with one attached hydrogen (secondary N) is 2. The maximum Gasteiger partial charge on any atom is 0.193 e. The fourth-order valence-electron chi connectivity index (χ4n) is 3.04. The van der Waals surface area contributed by atoms with Gasteiger partial charge in [-0.1, -0.05) is 86.4 Å². The number of hydrogen-bond donors (Lipinski definition) is 2. The second kappa shape index (κ2) is 9.82. The van der Waals surface area contributed by atoms with Gasteiger partial charge in [-0.05, 0) is 53.0 Å². The highest BCUT2D eigenvalue weighted by Crippen LogP contribution is 2.24. The Morgan fingerprint density at radius 3 is 2.29 bits per heavy atom. The molecule has 2 N–H and O–H groups in total. The van der Waals surface area contributed by atoms with Crippen molar-refractivity contribution in [3.05, 3.63) is 99.0 Å². The first-order valence-electron chi connectivity index (χ1n) is 9.87. The molecule has 3 aromatic rings. The number of hydrogen-bond acceptors (Lipinski definition) is 2. The number of carbonyl (C=O) groups is 1. The predicted molar refractivity (Wildman–Crippen MR) is 135 cm³/mol. The van der Waals surface area contributed by atoms with Crippen LogP contribution in [0.3, 0.4) is 0 Å². The van der Waals surface area contributed by atoms with Crippen molar-refractivity contribution in [2.75, 3.05) is 5.32 Å². The summed E-state index contributed by atoms with van der Waals surface area (Å²) in [6.45, 7) is 6.91. The molecule has 3 aromatic carbocycles. The zero-order chi connectivity index (χ0) is 22.6. The van der Waals surface area contributed by atoms with Gasteiger partial charge in [-0.2, -0.15) is 0 Å². The van der Waals surface area contributed by atoms with Crippen LogP contribution in [0.15, 0.2) is 66.7 Å². The van der Waals surface area contributed by atoms with Gasteiger partial charge in [0.15, 0.2) is 10.9 Å². The topological polar surface area (TPSA) is 41.1 Å². The van der Waals surface area contributed by atoms with E-state index in [0.717, 1.165) is 11.3 Å². The van der Waals surface area contributed by atoms with Crippen LogP contribution in [0, 0.1) is 0 Å². The van der Waals surface area contributed by atoms with Crippen molar-refractivity contribution in [2.24, 2.45) is 0 Å². The number of ketones is 1. The van der Waals surface area contributed by atoms with Crippen molar-refractivity contribution in [1.82, 2.24) is 5.32 Å². The van der Waals surface area contributed by atoms with Crippen LogP contribution in [0.4, 0.5) is 5.69 Å². The van der Waals surface area contributed by atoms with Crippen LogP contribution in [-0.2, 0) is 12.0 Å². The highest BCUT2D eigenvalue weighted by molar-refractivity contribution is 7.80. The van der Waals surface area contributed by atoms with Gasteiger partial charge in [0.05, 0.1) is 0 Å². The first kappa shape index (κ1) is 23.3. The van der Waals surface area contributed by atoms with Crippen LogP contribution in [-0.4, -0.2) is 10.9 Å². The molecule has 0 aromatic heterocycles. The standard InChI is InChI=1S/C25H24Cl2N2OS/c1-25(2,3)19-10-7-16(8-11-19)23(30)17-5-4-6-21(13-17)29-24(31)28-15-18-9-12-20(26)14-22(18)27/h4-14H,15H2,1-3H3,(H2,28,29,31). The molecule has 31 heavy (non-hydrogen) atoms. The molecule has 3 rings (SSSR count). The summed E-state index contributed by atoms with van der Waals surface area (Å²) in [5.41, 5.74) is 4.11. The molecule has 3 nitrogen and oxygen atoms in total. The molecule has 160 valence electrons. The summed E-state index contributed by atoms with van der Waals surface area (Å²) in [6, 6.07) is 20.4. The fraction of sp³-hybridized carbons (Fsp3) is 0.200. The Hall–Kier alpha value is -2.40. The van der Waals surface area contributed by atoms with Crippen molar-refractivity contribution >= 4 is 52.0 Å². The Morgan fingerprint density at radius 2 is 1.65 bits per heavy atom. The molecule has 0 spiro atoms. The lowest BCUT2D eigenvalue weighted by Crippen LogP contribution is -2.28. The van der Waals surface area contributed by atoms with Crippen LogP contribution in [0.2, 0.25) is 10.0 Å². The third-order valence-corrected chi connectivity index (χ3v) is 5.68. The largest absolute Gasteiger partial charge is 0.358 e. The molecule has 6 heteroatoms. The Morgan fingerprint density at radius 1 is 0.935 bits per heavy atom. The minimum absolute atomic E-state index is 0.0315. The lowest BCUT2D eigenvalue weighted by Gasteiger charge is -2.19. The van der Waals surface area contributed by atoms with Crippen molar-refractivity contribution in [2.45, 2.75) is 32.7 Å². The van der Waals surface area contributed by atoms with Gasteiger partial charge in [0.25, 0.3) is 0 Å². The number of benzene rings is 3.